The number of quaternary nitrogens is 1. The summed E-state index contributed by atoms with van der Waals surface area (Å²) in [4.78, 5) is 12.8. The predicted molar refractivity (Wildman–Crippen MR) is 107 cm³/mol. The maximum atomic E-state index is 12.8. The lowest BCUT2D eigenvalue weighted by Crippen LogP contribution is -2.72. The SMILES string of the molecule is CC1(C)CCC(Br)(NC(=O)C[N+](C)(C)Cc2ccccc2)C(C)(C)N1[O]. The molecule has 6 heteroatoms. The number of hydrogen-bond donors (Lipinski definition) is 1. The first kappa shape index (κ1) is 21.4. The fourth-order valence-electron chi connectivity index (χ4n) is 3.80. The molecule has 0 saturated carbocycles. The lowest BCUT2D eigenvalue weighted by atomic mass is 9.78. The molecule has 1 N–H and O–H groups in total. The Labute approximate surface area is 166 Å². The van der Waals surface area contributed by atoms with E-state index < -0.39 is 15.5 Å². The summed E-state index contributed by atoms with van der Waals surface area (Å²) in [6, 6.07) is 10.2. The van der Waals surface area contributed by atoms with Gasteiger partial charge in [-0.15, -0.1) is 10.3 Å². The molecule has 2 rings (SSSR count). The van der Waals surface area contributed by atoms with Gasteiger partial charge in [0.05, 0.1) is 19.6 Å². The number of benzene rings is 1. The number of piperidine rings is 1. The van der Waals surface area contributed by atoms with E-state index in [2.05, 4.69) is 33.4 Å². The molecule has 145 valence electrons. The van der Waals surface area contributed by atoms with Crippen LogP contribution in [-0.2, 0) is 16.5 Å². The highest BCUT2D eigenvalue weighted by Gasteiger charge is 2.57. The van der Waals surface area contributed by atoms with Crippen LogP contribution in [-0.4, -0.2) is 51.6 Å². The largest absolute Gasteiger partial charge is 0.334 e. The van der Waals surface area contributed by atoms with Gasteiger partial charge in [-0.25, -0.2) is 0 Å². The Morgan fingerprint density at radius 1 is 1.15 bits per heavy atom. The molecule has 0 aromatic heterocycles. The van der Waals surface area contributed by atoms with Gasteiger partial charge in [0.1, 0.15) is 11.0 Å². The molecular formula is C20H32BrN3O2+. The number of alkyl halides is 1. The van der Waals surface area contributed by atoms with Crippen molar-refractivity contribution in [3.05, 3.63) is 35.9 Å². The van der Waals surface area contributed by atoms with E-state index in [9.17, 15) is 10.0 Å². The molecule has 26 heavy (non-hydrogen) atoms. The summed E-state index contributed by atoms with van der Waals surface area (Å²) in [7, 11) is 4.09. The number of carbonyl (C=O) groups excluding carboxylic acids is 1. The molecule has 1 radical (unpaired) electrons. The topological polar surface area (TPSA) is 52.2 Å². The number of halogens is 1. The van der Waals surface area contributed by atoms with Gasteiger partial charge >= 0.3 is 0 Å². The number of likely N-dealkylation sites (N-methyl/N-ethyl adjacent to an activating group) is 1. The molecule has 1 aliphatic rings. The van der Waals surface area contributed by atoms with Crippen LogP contribution in [0.1, 0.15) is 46.1 Å². The van der Waals surface area contributed by atoms with Crippen LogP contribution in [0.3, 0.4) is 0 Å². The van der Waals surface area contributed by atoms with Crippen LogP contribution < -0.4 is 5.32 Å². The molecule has 1 heterocycles. The number of rotatable bonds is 5. The zero-order chi connectivity index (χ0) is 19.8. The molecule has 1 aliphatic heterocycles. The third kappa shape index (κ3) is 4.47. The van der Waals surface area contributed by atoms with Gasteiger partial charge in [-0.3, -0.25) is 4.79 Å². The Kier molecular flexibility index (Phi) is 5.93. The van der Waals surface area contributed by atoms with E-state index in [4.69, 9.17) is 0 Å². The zero-order valence-corrected chi connectivity index (χ0v) is 18.4. The molecule has 1 fully saturated rings. The summed E-state index contributed by atoms with van der Waals surface area (Å²) in [5.74, 6) is -0.0519. The molecule has 0 bridgehead atoms. The molecule has 1 aromatic carbocycles. The van der Waals surface area contributed by atoms with Crippen molar-refractivity contribution in [3.63, 3.8) is 0 Å². The monoisotopic (exact) mass is 425 g/mol. The molecule has 0 aliphatic carbocycles. The van der Waals surface area contributed by atoms with Crippen molar-refractivity contribution < 1.29 is 14.5 Å². The van der Waals surface area contributed by atoms with Crippen LogP contribution >= 0.6 is 15.9 Å². The molecule has 1 aromatic rings. The molecule has 0 spiro atoms. The van der Waals surface area contributed by atoms with Gasteiger partial charge in [0.2, 0.25) is 0 Å². The first-order chi connectivity index (χ1) is 11.8. The van der Waals surface area contributed by atoms with Crippen molar-refractivity contribution in [1.29, 1.82) is 0 Å². The zero-order valence-electron chi connectivity index (χ0n) is 16.8. The fourth-order valence-corrected chi connectivity index (χ4v) is 4.38. The van der Waals surface area contributed by atoms with E-state index in [1.54, 1.807) is 0 Å². The lowest BCUT2D eigenvalue weighted by molar-refractivity contribution is -0.895. The first-order valence-electron chi connectivity index (χ1n) is 9.12. The predicted octanol–water partition coefficient (Wildman–Crippen LogP) is 3.47. The van der Waals surface area contributed by atoms with Crippen molar-refractivity contribution in [2.24, 2.45) is 0 Å². The standard InChI is InChI=1S/C20H31BrN3O2/c1-18(2)12-13-20(21,19(3,4)23(18)26)22-17(25)15-24(5,6)14-16-10-8-7-9-11-16/h7-11H,12-15H2,1-6H3/p+1. The van der Waals surface area contributed by atoms with Gasteiger partial charge in [0, 0.05) is 11.1 Å². The second-order valence-electron chi connectivity index (χ2n) is 9.25. The van der Waals surface area contributed by atoms with Crippen LogP contribution in [0.2, 0.25) is 0 Å². The Morgan fingerprint density at radius 3 is 2.31 bits per heavy atom. The minimum absolute atomic E-state index is 0.0519. The molecule has 1 unspecified atom stereocenters. The van der Waals surface area contributed by atoms with Crippen molar-refractivity contribution in [2.75, 3.05) is 20.6 Å². The molecule has 1 saturated heterocycles. The van der Waals surface area contributed by atoms with E-state index in [-0.39, 0.29) is 5.91 Å². The molecule has 5 nitrogen and oxygen atoms in total. The van der Waals surface area contributed by atoms with Crippen LogP contribution in [0.5, 0.6) is 0 Å². The Hall–Kier alpha value is -0.950. The summed E-state index contributed by atoms with van der Waals surface area (Å²) in [6.07, 6.45) is 1.43. The Balaban J connectivity index is 2.06. The van der Waals surface area contributed by atoms with Gasteiger partial charge in [0.25, 0.3) is 5.91 Å². The van der Waals surface area contributed by atoms with Crippen molar-refractivity contribution in [1.82, 2.24) is 10.4 Å². The minimum atomic E-state index is -0.749. The average Bonchev–Trinajstić information content (AvgIpc) is 2.50. The van der Waals surface area contributed by atoms with Crippen LogP contribution in [0, 0.1) is 0 Å². The van der Waals surface area contributed by atoms with Gasteiger partial charge in [-0.1, -0.05) is 46.3 Å². The molecule has 1 atom stereocenters. The molecule has 1 amide bonds. The van der Waals surface area contributed by atoms with Crippen molar-refractivity contribution in [3.8, 4) is 0 Å². The number of nitrogens with zero attached hydrogens (tertiary/aromatic N) is 2. The highest BCUT2D eigenvalue weighted by Crippen LogP contribution is 2.46. The van der Waals surface area contributed by atoms with E-state index in [0.29, 0.717) is 23.9 Å². The van der Waals surface area contributed by atoms with E-state index in [1.807, 2.05) is 60.0 Å². The minimum Gasteiger partial charge on any atom is -0.334 e. The van der Waals surface area contributed by atoms with E-state index in [0.717, 1.165) is 11.6 Å². The summed E-state index contributed by atoms with van der Waals surface area (Å²) in [6.45, 7) is 8.81. The highest BCUT2D eigenvalue weighted by atomic mass is 79.9. The average molecular weight is 426 g/mol. The van der Waals surface area contributed by atoms with Crippen LogP contribution in [0.15, 0.2) is 30.3 Å². The van der Waals surface area contributed by atoms with Crippen molar-refractivity contribution >= 4 is 21.8 Å². The Morgan fingerprint density at radius 2 is 1.73 bits per heavy atom. The number of carbonyl (C=O) groups is 1. The molecular weight excluding hydrogens is 394 g/mol. The summed E-state index contributed by atoms with van der Waals surface area (Å²) in [5, 5.41) is 17.1. The van der Waals surface area contributed by atoms with Gasteiger partial charge in [-0.2, -0.15) is 0 Å². The third-order valence-corrected chi connectivity index (χ3v) is 7.04. The van der Waals surface area contributed by atoms with E-state index in [1.165, 1.54) is 5.56 Å². The highest BCUT2D eigenvalue weighted by molar-refractivity contribution is 9.10. The van der Waals surface area contributed by atoms with Gasteiger partial charge in [-0.05, 0) is 40.5 Å². The smallest absolute Gasteiger partial charge is 0.276 e. The maximum absolute atomic E-state index is 12.8. The second-order valence-corrected chi connectivity index (χ2v) is 10.6. The van der Waals surface area contributed by atoms with Crippen molar-refractivity contribution in [2.45, 2.75) is 62.6 Å². The lowest BCUT2D eigenvalue weighted by Gasteiger charge is -2.55. The number of nitrogens with one attached hydrogen (secondary N) is 1. The number of amides is 1. The van der Waals surface area contributed by atoms with Crippen LogP contribution in [0.4, 0.5) is 0 Å². The summed E-state index contributed by atoms with van der Waals surface area (Å²) < 4.78 is -0.187. The second kappa shape index (κ2) is 7.23. The third-order valence-electron chi connectivity index (χ3n) is 5.47. The summed E-state index contributed by atoms with van der Waals surface area (Å²) >= 11 is 3.70. The normalized spacial score (nSPS) is 25.7. The Bertz CT molecular complexity index is 646. The first-order valence-corrected chi connectivity index (χ1v) is 9.92. The summed E-state index contributed by atoms with van der Waals surface area (Å²) in [5.41, 5.74) is 0.0131. The van der Waals surface area contributed by atoms with Gasteiger partial charge in [0.15, 0.2) is 6.54 Å². The van der Waals surface area contributed by atoms with Crippen LogP contribution in [0.25, 0.3) is 0 Å². The fraction of sp³-hybridized carbons (Fsp3) is 0.650. The van der Waals surface area contributed by atoms with Gasteiger partial charge < -0.3 is 9.80 Å². The quantitative estimate of drug-likeness (QED) is 0.445. The maximum Gasteiger partial charge on any atom is 0.276 e. The van der Waals surface area contributed by atoms with E-state index >= 15 is 0 Å². The number of hydrogen-bond acceptors (Lipinski definition) is 2. The number of hydroxylamine groups is 2.